The van der Waals surface area contributed by atoms with E-state index in [0.717, 1.165) is 6.42 Å². The molecule has 0 aromatic heterocycles. The second-order valence-corrected chi connectivity index (χ2v) is 8.11. The summed E-state index contributed by atoms with van der Waals surface area (Å²) in [6.45, 7) is 8.00. The lowest BCUT2D eigenvalue weighted by molar-refractivity contribution is 0.724. The smallest absolute Gasteiger partial charge is 0.0683 e. The van der Waals surface area contributed by atoms with E-state index in [1.807, 2.05) is 27.7 Å². The van der Waals surface area contributed by atoms with E-state index in [1.165, 1.54) is 54.9 Å². The largest absolute Gasteiger partial charge is 0.0719 e. The summed E-state index contributed by atoms with van der Waals surface area (Å²) in [6.07, 6.45) is 1.01. The molecule has 0 saturated carbocycles. The number of hydrogen-bond donors (Lipinski definition) is 0. The first kappa shape index (κ1) is 20.5. The highest BCUT2D eigenvalue weighted by Gasteiger charge is 2.48. The molecule has 32 heavy (non-hydrogen) atoms. The molecule has 0 bridgehead atoms. The van der Waals surface area contributed by atoms with Gasteiger partial charge >= 0.3 is 0 Å². The van der Waals surface area contributed by atoms with E-state index in [-0.39, 0.29) is 5.41 Å². The Bertz CT molecular complexity index is 1330. The minimum absolute atomic E-state index is 0.214. The van der Waals surface area contributed by atoms with Crippen LogP contribution in [0.1, 0.15) is 61.1 Å². The van der Waals surface area contributed by atoms with E-state index < -0.39 is 0 Å². The van der Waals surface area contributed by atoms with Crippen LogP contribution >= 0.6 is 0 Å². The Morgan fingerprint density at radius 2 is 0.844 bits per heavy atom. The van der Waals surface area contributed by atoms with Crippen molar-refractivity contribution < 1.29 is 0 Å². The molecule has 0 N–H and O–H groups in total. The van der Waals surface area contributed by atoms with E-state index in [9.17, 15) is 0 Å². The van der Waals surface area contributed by atoms with Gasteiger partial charge in [-0.2, -0.15) is 0 Å². The third-order valence-corrected chi connectivity index (χ3v) is 6.92. The van der Waals surface area contributed by atoms with Gasteiger partial charge in [-0.25, -0.2) is 0 Å². The van der Waals surface area contributed by atoms with Crippen molar-refractivity contribution in [1.82, 2.24) is 0 Å². The number of fused-ring (bicyclic) bond motifs is 6. The van der Waals surface area contributed by atoms with Crippen LogP contribution in [0.5, 0.6) is 0 Å². The molecule has 0 saturated heterocycles. The zero-order valence-electron chi connectivity index (χ0n) is 19.4. The van der Waals surface area contributed by atoms with Crippen LogP contribution in [0, 0.1) is 0 Å². The molecule has 0 atom stereocenters. The maximum Gasteiger partial charge on any atom is 0.0719 e. The van der Waals surface area contributed by atoms with Crippen LogP contribution in [0.2, 0.25) is 0 Å². The Hall–Kier alpha value is -3.38. The number of hydrogen-bond acceptors (Lipinski definition) is 0. The van der Waals surface area contributed by atoms with Gasteiger partial charge in [-0.05, 0) is 61.3 Å². The second-order valence-electron chi connectivity index (χ2n) is 8.11. The lowest BCUT2D eigenvalue weighted by atomic mass is 9.61. The van der Waals surface area contributed by atoms with Gasteiger partial charge in [0.25, 0.3) is 0 Å². The second kappa shape index (κ2) is 7.95. The van der Waals surface area contributed by atoms with Crippen LogP contribution in [0.3, 0.4) is 0 Å². The molecule has 5 aromatic carbocycles. The molecule has 7 rings (SSSR count). The first-order valence-corrected chi connectivity index (χ1v) is 12.0. The zero-order valence-corrected chi connectivity index (χ0v) is 19.4. The van der Waals surface area contributed by atoms with E-state index >= 15 is 0 Å². The fourth-order valence-corrected chi connectivity index (χ4v) is 5.94. The van der Waals surface area contributed by atoms with E-state index in [4.69, 9.17) is 0 Å². The lowest BCUT2D eigenvalue weighted by Gasteiger charge is -2.40. The molecule has 0 aliphatic heterocycles. The normalized spacial score (nSPS) is 13.8. The Labute approximate surface area is 191 Å². The lowest BCUT2D eigenvalue weighted by Crippen LogP contribution is -2.34. The van der Waals surface area contributed by atoms with Gasteiger partial charge in [0, 0.05) is 0 Å². The molecule has 0 radical (unpaired) electrons. The fraction of sp³-hybridized carbons (Fsp3) is 0.188. The maximum absolute atomic E-state index is 2.36. The van der Waals surface area contributed by atoms with Gasteiger partial charge in [-0.1, -0.05) is 125 Å². The molecule has 2 aliphatic rings. The summed E-state index contributed by atoms with van der Waals surface area (Å²) in [7, 11) is 0. The van der Waals surface area contributed by atoms with E-state index in [0.29, 0.717) is 0 Å². The van der Waals surface area contributed by atoms with Crippen molar-refractivity contribution in [1.29, 1.82) is 0 Å². The quantitative estimate of drug-likeness (QED) is 0.218. The highest BCUT2D eigenvalue weighted by Crippen LogP contribution is 2.58. The third-order valence-electron chi connectivity index (χ3n) is 6.92. The molecule has 0 amide bonds. The molecule has 158 valence electrons. The van der Waals surface area contributed by atoms with Crippen LogP contribution in [0.15, 0.2) is 97.1 Å². The predicted octanol–water partition coefficient (Wildman–Crippen LogP) is 8.65. The maximum atomic E-state index is 2.36. The molecule has 0 heterocycles. The average Bonchev–Trinajstić information content (AvgIpc) is 3.18. The highest BCUT2D eigenvalue weighted by atomic mass is 14.5. The molecule has 5 aromatic rings. The van der Waals surface area contributed by atoms with E-state index in [1.54, 1.807) is 0 Å². The molecular weight excluding hydrogens is 384 g/mol. The molecular formula is C32H30. The Balaban J connectivity index is 0.000000514. The standard InChI is InChI=1S/C28H18.2C2H6/c1-3-11-22-20(7-1)17-21-8-2-4-12-23(21)28(22)24-13-5-9-18-15-16-19-10-6-14-25(28)27(19)26(18)24;2*1-2/h1-16H,17H2;2*1-2H3. The first-order valence-electron chi connectivity index (χ1n) is 12.0. The summed E-state index contributed by atoms with van der Waals surface area (Å²) in [5.41, 5.74) is 8.46. The van der Waals surface area contributed by atoms with Crippen LogP contribution < -0.4 is 0 Å². The van der Waals surface area contributed by atoms with Crippen molar-refractivity contribution in [3.8, 4) is 0 Å². The summed E-state index contributed by atoms with van der Waals surface area (Å²) in [6, 6.07) is 36.4. The minimum Gasteiger partial charge on any atom is -0.0683 e. The van der Waals surface area contributed by atoms with Crippen molar-refractivity contribution in [2.24, 2.45) is 0 Å². The monoisotopic (exact) mass is 414 g/mol. The summed E-state index contributed by atoms with van der Waals surface area (Å²) in [4.78, 5) is 0. The third kappa shape index (κ3) is 2.50. The minimum atomic E-state index is -0.214. The highest BCUT2D eigenvalue weighted by molar-refractivity contribution is 6.16. The van der Waals surface area contributed by atoms with Crippen LogP contribution in [0.25, 0.3) is 21.5 Å². The number of rotatable bonds is 0. The summed E-state index contributed by atoms with van der Waals surface area (Å²) in [5, 5.41) is 5.55. The van der Waals surface area contributed by atoms with Crippen molar-refractivity contribution >= 4 is 21.5 Å². The summed E-state index contributed by atoms with van der Waals surface area (Å²) < 4.78 is 0. The van der Waals surface area contributed by atoms with Gasteiger partial charge in [0.2, 0.25) is 0 Å². The van der Waals surface area contributed by atoms with Crippen LogP contribution in [-0.2, 0) is 11.8 Å². The molecule has 0 heteroatoms. The van der Waals surface area contributed by atoms with Crippen LogP contribution in [-0.4, -0.2) is 0 Å². The van der Waals surface area contributed by atoms with Crippen molar-refractivity contribution in [3.05, 3.63) is 130 Å². The molecule has 0 nitrogen and oxygen atoms in total. The SMILES string of the molecule is CC.CC.c1ccc2c(c1)Cc1ccccc1C21c2cccc3ccc4cccc1c4c23. The molecule has 0 unspecified atom stereocenters. The van der Waals surface area contributed by atoms with E-state index in [2.05, 4.69) is 97.1 Å². The number of benzene rings is 5. The fourth-order valence-electron chi connectivity index (χ4n) is 5.94. The first-order chi connectivity index (χ1) is 15.9. The molecule has 2 aliphatic carbocycles. The predicted molar refractivity (Wildman–Crippen MR) is 139 cm³/mol. The van der Waals surface area contributed by atoms with Gasteiger partial charge in [-0.15, -0.1) is 0 Å². The van der Waals surface area contributed by atoms with Crippen molar-refractivity contribution in [2.75, 3.05) is 0 Å². The molecule has 1 spiro atoms. The van der Waals surface area contributed by atoms with Gasteiger partial charge in [0.1, 0.15) is 0 Å². The van der Waals surface area contributed by atoms with Crippen molar-refractivity contribution in [3.63, 3.8) is 0 Å². The van der Waals surface area contributed by atoms with Gasteiger partial charge < -0.3 is 0 Å². The summed E-state index contributed by atoms with van der Waals surface area (Å²) >= 11 is 0. The summed E-state index contributed by atoms with van der Waals surface area (Å²) in [5.74, 6) is 0. The average molecular weight is 415 g/mol. The van der Waals surface area contributed by atoms with Gasteiger partial charge in [0.15, 0.2) is 0 Å². The van der Waals surface area contributed by atoms with Crippen LogP contribution in [0.4, 0.5) is 0 Å². The Morgan fingerprint density at radius 3 is 1.31 bits per heavy atom. The Morgan fingerprint density at radius 1 is 0.438 bits per heavy atom. The van der Waals surface area contributed by atoms with Crippen molar-refractivity contribution in [2.45, 2.75) is 39.5 Å². The Kier molecular flexibility index (Phi) is 5.10. The topological polar surface area (TPSA) is 0 Å². The zero-order chi connectivity index (χ0) is 22.3. The molecule has 0 fully saturated rings. The van der Waals surface area contributed by atoms with Gasteiger partial charge in [-0.3, -0.25) is 0 Å². The van der Waals surface area contributed by atoms with Gasteiger partial charge in [0.05, 0.1) is 5.41 Å².